The number of rotatable bonds is 5. The highest BCUT2D eigenvalue weighted by molar-refractivity contribution is 6.40. The number of allylic oxidation sites excluding steroid dienone is 4. The quantitative estimate of drug-likeness (QED) is 0.468. The standard InChI is InChI=1S/C18H28N2O/c1-4-11-16(12-5-2)20-18(19-3)17(21)15-13-9-7-6-8-10-14-15/h4-5,11-12,15H,1,6-10,13-14H2,2-3H3,(H,19,20)/b12-5-,16-11+. The number of carbonyl (C=O) groups excluding carboxylic acids is 1. The second-order valence-corrected chi connectivity index (χ2v) is 5.46. The van der Waals surface area contributed by atoms with Crippen LogP contribution in [0.15, 0.2) is 41.6 Å². The molecule has 0 bridgehead atoms. The molecule has 0 aliphatic heterocycles. The molecular formula is C18H28N2O. The van der Waals surface area contributed by atoms with Crippen molar-refractivity contribution in [3.05, 3.63) is 36.6 Å². The molecule has 0 amide bonds. The van der Waals surface area contributed by atoms with Crippen LogP contribution in [0.25, 0.3) is 0 Å². The van der Waals surface area contributed by atoms with Crippen LogP contribution >= 0.6 is 0 Å². The minimum atomic E-state index is 0.118. The second kappa shape index (κ2) is 10.1. The Hall–Kier alpha value is -1.64. The first-order chi connectivity index (χ1) is 10.2. The summed E-state index contributed by atoms with van der Waals surface area (Å²) in [5.74, 6) is 0.734. The second-order valence-electron chi connectivity index (χ2n) is 5.46. The molecule has 0 unspecified atom stereocenters. The Kier molecular flexibility index (Phi) is 8.41. The first-order valence-corrected chi connectivity index (χ1v) is 7.96. The molecule has 0 atom stereocenters. The lowest BCUT2D eigenvalue weighted by Crippen LogP contribution is -2.35. The number of Topliss-reactive ketones (excluding diaryl/α,β-unsaturated/α-hetero) is 1. The minimum absolute atomic E-state index is 0.118. The Morgan fingerprint density at radius 1 is 1.19 bits per heavy atom. The number of amidine groups is 1. The molecule has 0 aromatic carbocycles. The van der Waals surface area contributed by atoms with Gasteiger partial charge in [-0.15, -0.1) is 0 Å². The lowest BCUT2D eigenvalue weighted by Gasteiger charge is -2.20. The summed E-state index contributed by atoms with van der Waals surface area (Å²) >= 11 is 0. The minimum Gasteiger partial charge on any atom is -0.338 e. The van der Waals surface area contributed by atoms with Crippen LogP contribution in [0.3, 0.4) is 0 Å². The van der Waals surface area contributed by atoms with Crippen LogP contribution in [0.1, 0.15) is 51.9 Å². The van der Waals surface area contributed by atoms with Crippen molar-refractivity contribution in [2.24, 2.45) is 10.9 Å². The van der Waals surface area contributed by atoms with Crippen molar-refractivity contribution in [3.8, 4) is 0 Å². The molecule has 3 heteroatoms. The molecule has 1 saturated carbocycles. The van der Waals surface area contributed by atoms with E-state index in [4.69, 9.17) is 0 Å². The average Bonchev–Trinajstić information content (AvgIpc) is 2.44. The zero-order chi connectivity index (χ0) is 15.5. The van der Waals surface area contributed by atoms with Gasteiger partial charge >= 0.3 is 0 Å². The maximum absolute atomic E-state index is 12.7. The molecule has 0 aromatic heterocycles. The summed E-state index contributed by atoms with van der Waals surface area (Å²) in [7, 11) is 1.67. The van der Waals surface area contributed by atoms with Gasteiger partial charge in [-0.1, -0.05) is 50.8 Å². The molecule has 1 aliphatic rings. The molecule has 1 N–H and O–H groups in total. The fourth-order valence-corrected chi connectivity index (χ4v) is 2.72. The Bertz CT molecular complexity index is 424. The zero-order valence-electron chi connectivity index (χ0n) is 13.4. The number of nitrogens with zero attached hydrogens (tertiary/aromatic N) is 1. The van der Waals surface area contributed by atoms with Crippen molar-refractivity contribution >= 4 is 11.6 Å². The van der Waals surface area contributed by atoms with Crippen LogP contribution in [0.2, 0.25) is 0 Å². The van der Waals surface area contributed by atoms with Crippen LogP contribution in [0.5, 0.6) is 0 Å². The van der Waals surface area contributed by atoms with Gasteiger partial charge in [0, 0.05) is 18.7 Å². The topological polar surface area (TPSA) is 41.5 Å². The summed E-state index contributed by atoms with van der Waals surface area (Å²) in [4.78, 5) is 16.8. The third kappa shape index (κ3) is 6.11. The monoisotopic (exact) mass is 288 g/mol. The summed E-state index contributed by atoms with van der Waals surface area (Å²) in [6.07, 6.45) is 15.5. The van der Waals surface area contributed by atoms with E-state index in [2.05, 4.69) is 16.9 Å². The molecule has 0 radical (unpaired) electrons. The number of nitrogens with one attached hydrogen (secondary N) is 1. The van der Waals surface area contributed by atoms with Crippen molar-refractivity contribution in [3.63, 3.8) is 0 Å². The van der Waals surface area contributed by atoms with Crippen molar-refractivity contribution in [1.82, 2.24) is 5.32 Å². The van der Waals surface area contributed by atoms with E-state index in [1.165, 1.54) is 19.3 Å². The van der Waals surface area contributed by atoms with Crippen LogP contribution < -0.4 is 5.32 Å². The largest absolute Gasteiger partial charge is 0.338 e. The number of ketones is 1. The first-order valence-electron chi connectivity index (χ1n) is 7.96. The number of carbonyl (C=O) groups is 1. The predicted octanol–water partition coefficient (Wildman–Crippen LogP) is 4.18. The number of hydrogen-bond acceptors (Lipinski definition) is 2. The van der Waals surface area contributed by atoms with E-state index >= 15 is 0 Å². The third-order valence-electron chi connectivity index (χ3n) is 3.84. The number of aliphatic imine (C=N–C) groups is 1. The van der Waals surface area contributed by atoms with E-state index < -0.39 is 0 Å². The molecule has 1 rings (SSSR count). The van der Waals surface area contributed by atoms with Crippen molar-refractivity contribution in [2.45, 2.75) is 51.9 Å². The van der Waals surface area contributed by atoms with Crippen LogP contribution in [-0.2, 0) is 4.79 Å². The highest BCUT2D eigenvalue weighted by Gasteiger charge is 2.23. The summed E-state index contributed by atoms with van der Waals surface area (Å²) < 4.78 is 0. The lowest BCUT2D eigenvalue weighted by molar-refractivity contribution is -0.117. The molecule has 1 aliphatic carbocycles. The highest BCUT2D eigenvalue weighted by atomic mass is 16.1. The maximum atomic E-state index is 12.7. The van der Waals surface area contributed by atoms with Crippen molar-refractivity contribution in [1.29, 1.82) is 0 Å². The first kappa shape index (κ1) is 17.4. The van der Waals surface area contributed by atoms with Crippen LogP contribution in [0, 0.1) is 5.92 Å². The summed E-state index contributed by atoms with van der Waals surface area (Å²) in [6, 6.07) is 0. The van der Waals surface area contributed by atoms with Gasteiger partial charge in [0.15, 0.2) is 5.84 Å². The fraction of sp³-hybridized carbons (Fsp3) is 0.556. The Labute approximate surface area is 128 Å². The summed E-state index contributed by atoms with van der Waals surface area (Å²) in [5, 5.41) is 3.14. The van der Waals surface area contributed by atoms with Gasteiger partial charge in [-0.05, 0) is 31.9 Å². The molecule has 3 nitrogen and oxygen atoms in total. The third-order valence-corrected chi connectivity index (χ3v) is 3.84. The van der Waals surface area contributed by atoms with E-state index in [0.29, 0.717) is 5.84 Å². The van der Waals surface area contributed by atoms with Gasteiger partial charge in [0.2, 0.25) is 5.78 Å². The molecule has 1 fully saturated rings. The van der Waals surface area contributed by atoms with Crippen molar-refractivity contribution in [2.75, 3.05) is 7.05 Å². The van der Waals surface area contributed by atoms with Gasteiger partial charge in [0.1, 0.15) is 0 Å². The zero-order valence-corrected chi connectivity index (χ0v) is 13.4. The van der Waals surface area contributed by atoms with E-state index in [1.807, 2.05) is 25.2 Å². The molecular weight excluding hydrogens is 260 g/mol. The summed E-state index contributed by atoms with van der Waals surface area (Å²) in [5.41, 5.74) is 0.840. The Morgan fingerprint density at radius 2 is 1.81 bits per heavy atom. The van der Waals surface area contributed by atoms with Gasteiger partial charge < -0.3 is 5.32 Å². The van der Waals surface area contributed by atoms with Gasteiger partial charge in [-0.2, -0.15) is 0 Å². The van der Waals surface area contributed by atoms with Gasteiger partial charge in [0.25, 0.3) is 0 Å². The molecule has 116 valence electrons. The molecule has 21 heavy (non-hydrogen) atoms. The van der Waals surface area contributed by atoms with Crippen molar-refractivity contribution < 1.29 is 4.79 Å². The average molecular weight is 288 g/mol. The molecule has 0 aromatic rings. The number of hydrogen-bond donors (Lipinski definition) is 1. The van der Waals surface area contributed by atoms with Crippen LogP contribution in [0.4, 0.5) is 0 Å². The van der Waals surface area contributed by atoms with Gasteiger partial charge in [0.05, 0.1) is 0 Å². The van der Waals surface area contributed by atoms with E-state index in [-0.39, 0.29) is 11.7 Å². The Morgan fingerprint density at radius 3 is 2.33 bits per heavy atom. The molecule has 0 spiro atoms. The van der Waals surface area contributed by atoms with E-state index in [1.54, 1.807) is 13.1 Å². The normalized spacial score (nSPS) is 19.1. The Balaban J connectivity index is 2.75. The van der Waals surface area contributed by atoms with Gasteiger partial charge in [-0.3, -0.25) is 9.79 Å². The van der Waals surface area contributed by atoms with Gasteiger partial charge in [-0.25, -0.2) is 0 Å². The predicted molar refractivity (Wildman–Crippen MR) is 90.4 cm³/mol. The lowest BCUT2D eigenvalue weighted by atomic mass is 9.87. The van der Waals surface area contributed by atoms with E-state index in [9.17, 15) is 4.79 Å². The molecule has 0 saturated heterocycles. The molecule has 0 heterocycles. The smallest absolute Gasteiger partial charge is 0.200 e. The van der Waals surface area contributed by atoms with Crippen LogP contribution in [-0.4, -0.2) is 18.7 Å². The fourth-order valence-electron chi connectivity index (χ4n) is 2.72. The summed E-state index contributed by atoms with van der Waals surface area (Å²) in [6.45, 7) is 5.64. The van der Waals surface area contributed by atoms with E-state index in [0.717, 1.165) is 31.4 Å². The highest BCUT2D eigenvalue weighted by Crippen LogP contribution is 2.23. The SMILES string of the molecule is C=C/C=C(\C=C/C)NC(=NC)C(=O)C1CCCCCCC1. The maximum Gasteiger partial charge on any atom is 0.200 e.